The maximum atomic E-state index is 12.5. The molecule has 0 radical (unpaired) electrons. The molecule has 0 bridgehead atoms. The summed E-state index contributed by atoms with van der Waals surface area (Å²) in [6, 6.07) is 15.9. The molecule has 1 heterocycles. The van der Waals surface area contributed by atoms with Crippen molar-refractivity contribution >= 4 is 11.6 Å². The first-order valence-electron chi connectivity index (χ1n) is 10.5. The van der Waals surface area contributed by atoms with E-state index in [0.29, 0.717) is 12.2 Å². The van der Waals surface area contributed by atoms with Crippen molar-refractivity contribution in [1.82, 2.24) is 5.32 Å². The Morgan fingerprint density at radius 3 is 2.54 bits per heavy atom. The highest BCUT2D eigenvalue weighted by Gasteiger charge is 2.17. The zero-order valence-corrected chi connectivity index (χ0v) is 17.3. The van der Waals surface area contributed by atoms with Gasteiger partial charge in [0.15, 0.2) is 0 Å². The molecule has 28 heavy (non-hydrogen) atoms. The number of benzene rings is 2. The topological polar surface area (TPSA) is 41.6 Å². The van der Waals surface area contributed by atoms with E-state index >= 15 is 0 Å². The number of hydrogen-bond acceptors (Lipinski definition) is 3. The second-order valence-electron chi connectivity index (χ2n) is 7.85. The Balaban J connectivity index is 1.57. The zero-order chi connectivity index (χ0) is 19.9. The monoisotopic (exact) mass is 380 g/mol. The molecule has 0 unspecified atom stereocenters. The molecule has 1 aliphatic rings. The van der Waals surface area contributed by atoms with Crippen molar-refractivity contribution < 1.29 is 9.53 Å². The molecule has 3 rings (SSSR count). The van der Waals surface area contributed by atoms with E-state index in [0.717, 1.165) is 36.7 Å². The lowest BCUT2D eigenvalue weighted by atomic mass is 9.99. The van der Waals surface area contributed by atoms with Crippen molar-refractivity contribution in [3.8, 4) is 5.75 Å². The van der Waals surface area contributed by atoms with E-state index in [4.69, 9.17) is 4.74 Å². The number of rotatable bonds is 7. The summed E-state index contributed by atoms with van der Waals surface area (Å²) in [6.45, 7) is 9.37. The summed E-state index contributed by atoms with van der Waals surface area (Å²) in [6.07, 6.45) is 3.55. The second kappa shape index (κ2) is 9.63. The summed E-state index contributed by atoms with van der Waals surface area (Å²) in [5.74, 6) is 1.49. The third kappa shape index (κ3) is 5.28. The average Bonchev–Trinajstić information content (AvgIpc) is 2.72. The molecule has 1 saturated heterocycles. The van der Waals surface area contributed by atoms with E-state index < -0.39 is 0 Å². The van der Waals surface area contributed by atoms with Gasteiger partial charge in [-0.1, -0.05) is 26.0 Å². The molecule has 0 spiro atoms. The van der Waals surface area contributed by atoms with Gasteiger partial charge in [-0.25, -0.2) is 0 Å². The van der Waals surface area contributed by atoms with Gasteiger partial charge in [-0.15, -0.1) is 0 Å². The third-order valence-corrected chi connectivity index (χ3v) is 5.35. The van der Waals surface area contributed by atoms with E-state index in [1.807, 2.05) is 31.2 Å². The number of carbonyl (C=O) groups excluding carboxylic acids is 1. The van der Waals surface area contributed by atoms with Gasteiger partial charge in [0.1, 0.15) is 5.75 Å². The molecule has 4 heteroatoms. The highest BCUT2D eigenvalue weighted by molar-refractivity contribution is 5.94. The Hall–Kier alpha value is -2.49. The summed E-state index contributed by atoms with van der Waals surface area (Å²) in [5.41, 5.74) is 3.04. The highest BCUT2D eigenvalue weighted by atomic mass is 16.5. The molecule has 0 aromatic heterocycles. The number of amides is 1. The molecule has 2 atom stereocenters. The first-order valence-corrected chi connectivity index (χ1v) is 10.5. The van der Waals surface area contributed by atoms with Crippen LogP contribution in [0.5, 0.6) is 5.75 Å². The Bertz CT molecular complexity index is 755. The maximum absolute atomic E-state index is 12.5. The van der Waals surface area contributed by atoms with Crippen LogP contribution >= 0.6 is 0 Å². The number of ether oxygens (including phenoxy) is 1. The maximum Gasteiger partial charge on any atom is 0.251 e. The van der Waals surface area contributed by atoms with E-state index in [2.05, 4.69) is 48.3 Å². The van der Waals surface area contributed by atoms with Crippen LogP contribution in [0.1, 0.15) is 62.0 Å². The summed E-state index contributed by atoms with van der Waals surface area (Å²) in [5, 5.41) is 3.09. The van der Waals surface area contributed by atoms with Crippen molar-refractivity contribution in [3.63, 3.8) is 0 Å². The summed E-state index contributed by atoms with van der Waals surface area (Å²) in [4.78, 5) is 15.0. The van der Waals surface area contributed by atoms with Crippen LogP contribution in [-0.2, 0) is 0 Å². The fraction of sp³-hybridized carbons (Fsp3) is 0.458. The standard InChI is InChI=1S/C24H32N2O2/c1-4-16-28-23-13-9-21(10-14-23)24(27)25-19(3)20-7-11-22(12-8-20)26-15-5-6-18(2)17-26/h7-14,18-19H,4-6,15-17H2,1-3H3,(H,25,27)/t18-,19+/m1/s1. The molecule has 1 N–H and O–H groups in total. The van der Waals surface area contributed by atoms with Gasteiger partial charge in [-0.3, -0.25) is 4.79 Å². The zero-order valence-electron chi connectivity index (χ0n) is 17.3. The molecule has 2 aromatic carbocycles. The second-order valence-corrected chi connectivity index (χ2v) is 7.85. The van der Waals surface area contributed by atoms with Gasteiger partial charge >= 0.3 is 0 Å². The predicted molar refractivity (Wildman–Crippen MR) is 115 cm³/mol. The molecule has 0 saturated carbocycles. The number of nitrogens with zero attached hydrogens (tertiary/aromatic N) is 1. The largest absolute Gasteiger partial charge is 0.494 e. The van der Waals surface area contributed by atoms with Gasteiger partial charge in [0.05, 0.1) is 12.6 Å². The first-order chi connectivity index (χ1) is 13.6. The third-order valence-electron chi connectivity index (χ3n) is 5.35. The first kappa shape index (κ1) is 20.2. The minimum Gasteiger partial charge on any atom is -0.494 e. The van der Waals surface area contributed by atoms with Gasteiger partial charge in [0.25, 0.3) is 5.91 Å². The summed E-state index contributed by atoms with van der Waals surface area (Å²) < 4.78 is 5.57. The Labute approximate surface area is 168 Å². The molecule has 4 nitrogen and oxygen atoms in total. The number of carbonyl (C=O) groups is 1. The van der Waals surface area contributed by atoms with Crippen LogP contribution in [0, 0.1) is 5.92 Å². The molecular formula is C24H32N2O2. The molecule has 150 valence electrons. The van der Waals surface area contributed by atoms with E-state index in [1.54, 1.807) is 0 Å². The van der Waals surface area contributed by atoms with Gasteiger partial charge in [-0.05, 0) is 74.1 Å². The smallest absolute Gasteiger partial charge is 0.251 e. The van der Waals surface area contributed by atoms with Crippen LogP contribution in [0.25, 0.3) is 0 Å². The van der Waals surface area contributed by atoms with Crippen molar-refractivity contribution in [2.75, 3.05) is 24.6 Å². The normalized spacial score (nSPS) is 17.8. The van der Waals surface area contributed by atoms with Crippen molar-refractivity contribution in [2.45, 2.75) is 46.1 Å². The quantitative estimate of drug-likeness (QED) is 0.717. The van der Waals surface area contributed by atoms with Gasteiger partial charge in [-0.2, -0.15) is 0 Å². The van der Waals surface area contributed by atoms with Gasteiger partial charge in [0.2, 0.25) is 0 Å². The highest BCUT2D eigenvalue weighted by Crippen LogP contribution is 2.25. The lowest BCUT2D eigenvalue weighted by Crippen LogP contribution is -2.34. The van der Waals surface area contributed by atoms with Crippen molar-refractivity contribution in [3.05, 3.63) is 59.7 Å². The van der Waals surface area contributed by atoms with Crippen LogP contribution in [0.15, 0.2) is 48.5 Å². The number of anilines is 1. The summed E-state index contributed by atoms with van der Waals surface area (Å²) >= 11 is 0. The predicted octanol–water partition coefficient (Wildman–Crippen LogP) is 5.20. The van der Waals surface area contributed by atoms with Crippen molar-refractivity contribution in [1.29, 1.82) is 0 Å². The molecule has 1 aliphatic heterocycles. The Kier molecular flexibility index (Phi) is 6.96. The number of hydrogen-bond donors (Lipinski definition) is 1. The minimum atomic E-state index is -0.0662. The van der Waals surface area contributed by atoms with Crippen LogP contribution in [-0.4, -0.2) is 25.6 Å². The Morgan fingerprint density at radius 2 is 1.89 bits per heavy atom. The Morgan fingerprint density at radius 1 is 1.18 bits per heavy atom. The van der Waals surface area contributed by atoms with E-state index in [1.165, 1.54) is 18.5 Å². The molecule has 1 amide bonds. The molecule has 1 fully saturated rings. The summed E-state index contributed by atoms with van der Waals surface area (Å²) in [7, 11) is 0. The van der Waals surface area contributed by atoms with Crippen LogP contribution < -0.4 is 15.0 Å². The SMILES string of the molecule is CCCOc1ccc(C(=O)N[C@@H](C)c2ccc(N3CCC[C@@H](C)C3)cc2)cc1. The number of nitrogens with one attached hydrogen (secondary N) is 1. The van der Waals surface area contributed by atoms with E-state index in [-0.39, 0.29) is 11.9 Å². The molecule has 2 aromatic rings. The van der Waals surface area contributed by atoms with Gasteiger partial charge < -0.3 is 15.0 Å². The van der Waals surface area contributed by atoms with Crippen LogP contribution in [0.2, 0.25) is 0 Å². The fourth-order valence-electron chi connectivity index (χ4n) is 3.68. The van der Waals surface area contributed by atoms with Crippen LogP contribution in [0.3, 0.4) is 0 Å². The van der Waals surface area contributed by atoms with Crippen LogP contribution in [0.4, 0.5) is 5.69 Å². The minimum absolute atomic E-state index is 0.0437. The average molecular weight is 381 g/mol. The number of piperidine rings is 1. The van der Waals surface area contributed by atoms with Crippen molar-refractivity contribution in [2.24, 2.45) is 5.92 Å². The fourth-order valence-corrected chi connectivity index (χ4v) is 3.68. The van der Waals surface area contributed by atoms with E-state index in [9.17, 15) is 4.79 Å². The lowest BCUT2D eigenvalue weighted by molar-refractivity contribution is 0.0940. The lowest BCUT2D eigenvalue weighted by Gasteiger charge is -2.33. The molecular weight excluding hydrogens is 348 g/mol. The molecule has 0 aliphatic carbocycles. The van der Waals surface area contributed by atoms with Gasteiger partial charge in [0, 0.05) is 24.3 Å².